The molecule has 3 atom stereocenters. The molecule has 4 N–H and O–H groups in total. The SMILES string of the molecule is CSC1NNC(N)C1c1ccccc1. The molecule has 4 heteroatoms. The smallest absolute Gasteiger partial charge is 0.0772 e. The predicted molar refractivity (Wildman–Crippen MR) is 60.7 cm³/mol. The van der Waals surface area contributed by atoms with Gasteiger partial charge in [0.1, 0.15) is 0 Å². The monoisotopic (exact) mass is 209 g/mol. The third-order valence-corrected chi connectivity index (χ3v) is 3.46. The van der Waals surface area contributed by atoms with Crippen molar-refractivity contribution < 1.29 is 0 Å². The molecule has 3 unspecified atom stereocenters. The number of hydrazine groups is 1. The fourth-order valence-electron chi connectivity index (χ4n) is 1.81. The molecule has 0 spiro atoms. The summed E-state index contributed by atoms with van der Waals surface area (Å²) in [6, 6.07) is 10.4. The van der Waals surface area contributed by atoms with Gasteiger partial charge in [-0.15, -0.1) is 11.8 Å². The van der Waals surface area contributed by atoms with Gasteiger partial charge in [0.05, 0.1) is 11.5 Å². The van der Waals surface area contributed by atoms with E-state index in [1.807, 2.05) is 6.07 Å². The Labute approximate surface area is 88.4 Å². The number of hydrogen-bond acceptors (Lipinski definition) is 4. The molecule has 14 heavy (non-hydrogen) atoms. The van der Waals surface area contributed by atoms with Gasteiger partial charge in [-0.2, -0.15) is 0 Å². The summed E-state index contributed by atoms with van der Waals surface area (Å²) >= 11 is 1.79. The van der Waals surface area contributed by atoms with Crippen LogP contribution in [0, 0.1) is 0 Å². The Kier molecular flexibility index (Phi) is 3.08. The van der Waals surface area contributed by atoms with Gasteiger partial charge in [-0.25, -0.2) is 10.9 Å². The van der Waals surface area contributed by atoms with Gasteiger partial charge in [-0.1, -0.05) is 30.3 Å². The Morgan fingerprint density at radius 1 is 1.21 bits per heavy atom. The number of nitrogens with one attached hydrogen (secondary N) is 2. The molecular weight excluding hydrogens is 194 g/mol. The Morgan fingerprint density at radius 3 is 2.57 bits per heavy atom. The van der Waals surface area contributed by atoms with Crippen LogP contribution in [0.2, 0.25) is 0 Å². The Balaban J connectivity index is 2.23. The zero-order chi connectivity index (χ0) is 9.97. The molecule has 3 nitrogen and oxygen atoms in total. The van der Waals surface area contributed by atoms with Crippen LogP contribution in [0.4, 0.5) is 0 Å². The van der Waals surface area contributed by atoms with Crippen LogP contribution in [0.15, 0.2) is 30.3 Å². The summed E-state index contributed by atoms with van der Waals surface area (Å²) in [5.74, 6) is 0.339. The van der Waals surface area contributed by atoms with Gasteiger partial charge in [0.15, 0.2) is 0 Å². The van der Waals surface area contributed by atoms with Crippen molar-refractivity contribution in [1.82, 2.24) is 10.9 Å². The van der Waals surface area contributed by atoms with Crippen molar-refractivity contribution in [2.24, 2.45) is 5.73 Å². The molecule has 2 rings (SSSR count). The molecule has 0 amide bonds. The second-order valence-electron chi connectivity index (χ2n) is 3.41. The quantitative estimate of drug-likeness (QED) is 0.676. The van der Waals surface area contributed by atoms with Crippen LogP contribution in [-0.2, 0) is 0 Å². The molecule has 0 radical (unpaired) electrons. The molecule has 1 aliphatic rings. The van der Waals surface area contributed by atoms with E-state index in [9.17, 15) is 0 Å². The van der Waals surface area contributed by atoms with E-state index in [1.165, 1.54) is 5.56 Å². The minimum Gasteiger partial charge on any atom is -0.314 e. The first-order chi connectivity index (χ1) is 6.83. The first-order valence-electron chi connectivity index (χ1n) is 4.67. The fraction of sp³-hybridized carbons (Fsp3) is 0.400. The Morgan fingerprint density at radius 2 is 1.93 bits per heavy atom. The van der Waals surface area contributed by atoms with E-state index >= 15 is 0 Å². The maximum Gasteiger partial charge on any atom is 0.0772 e. The zero-order valence-electron chi connectivity index (χ0n) is 8.10. The van der Waals surface area contributed by atoms with E-state index in [-0.39, 0.29) is 6.17 Å². The van der Waals surface area contributed by atoms with Crippen molar-refractivity contribution in [3.05, 3.63) is 35.9 Å². The second kappa shape index (κ2) is 4.31. The minimum absolute atomic E-state index is 0.00477. The molecule has 0 aromatic heterocycles. The highest BCUT2D eigenvalue weighted by molar-refractivity contribution is 7.99. The maximum absolute atomic E-state index is 5.99. The average Bonchev–Trinajstić information content (AvgIpc) is 2.61. The topological polar surface area (TPSA) is 50.1 Å². The molecule has 1 saturated heterocycles. The van der Waals surface area contributed by atoms with Crippen LogP contribution in [-0.4, -0.2) is 17.8 Å². The lowest BCUT2D eigenvalue weighted by Crippen LogP contribution is -2.38. The van der Waals surface area contributed by atoms with Crippen molar-refractivity contribution in [2.45, 2.75) is 17.5 Å². The number of nitrogens with two attached hydrogens (primary N) is 1. The van der Waals surface area contributed by atoms with Gasteiger partial charge >= 0.3 is 0 Å². The first kappa shape index (κ1) is 9.98. The predicted octanol–water partition coefficient (Wildman–Crippen LogP) is 0.852. The lowest BCUT2D eigenvalue weighted by Gasteiger charge is -2.19. The van der Waals surface area contributed by atoms with Gasteiger partial charge < -0.3 is 5.73 Å². The summed E-state index contributed by atoms with van der Waals surface area (Å²) in [5, 5.41) is 0.354. The highest BCUT2D eigenvalue weighted by atomic mass is 32.2. The Hall–Kier alpha value is -0.550. The van der Waals surface area contributed by atoms with Crippen LogP contribution >= 0.6 is 11.8 Å². The van der Waals surface area contributed by atoms with Crippen molar-refractivity contribution in [1.29, 1.82) is 0 Å². The zero-order valence-corrected chi connectivity index (χ0v) is 8.92. The largest absolute Gasteiger partial charge is 0.314 e. The van der Waals surface area contributed by atoms with Crippen molar-refractivity contribution >= 4 is 11.8 Å². The fourth-order valence-corrected chi connectivity index (χ4v) is 2.61. The number of thioether (sulfide) groups is 1. The van der Waals surface area contributed by atoms with Crippen LogP contribution in [0.3, 0.4) is 0 Å². The second-order valence-corrected chi connectivity index (χ2v) is 4.39. The molecular formula is C10H15N3S. The molecule has 1 fully saturated rings. The molecule has 0 bridgehead atoms. The van der Waals surface area contributed by atoms with E-state index in [1.54, 1.807) is 11.8 Å². The van der Waals surface area contributed by atoms with Gasteiger partial charge in [0.2, 0.25) is 0 Å². The molecule has 76 valence electrons. The standard InChI is InChI=1S/C10H15N3S/c1-14-10-8(9(11)12-13-10)7-5-3-2-4-6-7/h2-6,8-10,12-13H,11H2,1H3. The number of rotatable bonds is 2. The minimum atomic E-state index is -0.00477. The molecule has 1 aliphatic heterocycles. The first-order valence-corrected chi connectivity index (χ1v) is 5.96. The summed E-state index contributed by atoms with van der Waals surface area (Å²) in [4.78, 5) is 0. The lowest BCUT2D eigenvalue weighted by atomic mass is 9.98. The molecule has 0 saturated carbocycles. The summed E-state index contributed by atoms with van der Waals surface area (Å²) in [6.45, 7) is 0. The van der Waals surface area contributed by atoms with E-state index < -0.39 is 0 Å². The number of benzene rings is 1. The summed E-state index contributed by atoms with van der Waals surface area (Å²) < 4.78 is 0. The number of hydrogen-bond donors (Lipinski definition) is 3. The van der Waals surface area contributed by atoms with Crippen LogP contribution in [0.5, 0.6) is 0 Å². The average molecular weight is 209 g/mol. The van der Waals surface area contributed by atoms with E-state index in [2.05, 4.69) is 41.4 Å². The normalized spacial score (nSPS) is 32.0. The van der Waals surface area contributed by atoms with Gasteiger partial charge in [0, 0.05) is 5.92 Å². The van der Waals surface area contributed by atoms with Crippen molar-refractivity contribution in [3.8, 4) is 0 Å². The molecule has 1 heterocycles. The maximum atomic E-state index is 5.99. The lowest BCUT2D eigenvalue weighted by molar-refractivity contribution is 0.547. The van der Waals surface area contributed by atoms with E-state index in [4.69, 9.17) is 5.73 Å². The van der Waals surface area contributed by atoms with Crippen LogP contribution in [0.25, 0.3) is 0 Å². The molecule has 0 aliphatic carbocycles. The third kappa shape index (κ3) is 1.79. The van der Waals surface area contributed by atoms with Crippen molar-refractivity contribution in [3.63, 3.8) is 0 Å². The van der Waals surface area contributed by atoms with Gasteiger partial charge in [0.25, 0.3) is 0 Å². The van der Waals surface area contributed by atoms with Gasteiger partial charge in [-0.05, 0) is 11.8 Å². The Bertz CT molecular complexity index is 291. The molecule has 1 aromatic carbocycles. The van der Waals surface area contributed by atoms with Crippen LogP contribution in [0.1, 0.15) is 11.5 Å². The third-order valence-electron chi connectivity index (χ3n) is 2.54. The highest BCUT2D eigenvalue weighted by Gasteiger charge is 2.33. The molecule has 1 aromatic rings. The van der Waals surface area contributed by atoms with E-state index in [0.29, 0.717) is 11.3 Å². The van der Waals surface area contributed by atoms with Gasteiger partial charge in [-0.3, -0.25) is 0 Å². The highest BCUT2D eigenvalue weighted by Crippen LogP contribution is 2.29. The summed E-state index contributed by atoms with van der Waals surface area (Å²) in [7, 11) is 0. The van der Waals surface area contributed by atoms with Crippen molar-refractivity contribution in [2.75, 3.05) is 6.26 Å². The summed E-state index contributed by atoms with van der Waals surface area (Å²) in [5.41, 5.74) is 13.5. The van der Waals surface area contributed by atoms with E-state index in [0.717, 1.165) is 0 Å². The van der Waals surface area contributed by atoms with Crippen LogP contribution < -0.4 is 16.6 Å². The summed E-state index contributed by atoms with van der Waals surface area (Å²) in [6.07, 6.45) is 2.09.